The summed E-state index contributed by atoms with van der Waals surface area (Å²) in [6, 6.07) is 4.98. The molecular formula is C12H18ClNO2S. The quantitative estimate of drug-likeness (QED) is 0.783. The van der Waals surface area contributed by atoms with Gasteiger partial charge >= 0.3 is 0 Å². The summed E-state index contributed by atoms with van der Waals surface area (Å²) in [4.78, 5) is 0. The van der Waals surface area contributed by atoms with Crippen molar-refractivity contribution in [3.8, 4) is 5.75 Å². The Balaban J connectivity index is 2.36. The molecule has 0 fully saturated rings. The van der Waals surface area contributed by atoms with Crippen molar-refractivity contribution >= 4 is 22.4 Å². The van der Waals surface area contributed by atoms with Crippen molar-refractivity contribution in [1.82, 2.24) is 5.32 Å². The number of aromatic hydroxyl groups is 1. The third kappa shape index (κ3) is 5.06. The van der Waals surface area contributed by atoms with Gasteiger partial charge in [-0.15, -0.1) is 0 Å². The minimum atomic E-state index is -0.777. The molecule has 0 aliphatic heterocycles. The number of phenolic OH excluding ortho intramolecular Hbond substituents is 1. The van der Waals surface area contributed by atoms with E-state index in [1.165, 1.54) is 0 Å². The Morgan fingerprint density at radius 1 is 1.53 bits per heavy atom. The molecule has 0 spiro atoms. The molecule has 0 heterocycles. The van der Waals surface area contributed by atoms with E-state index in [4.69, 9.17) is 11.6 Å². The highest BCUT2D eigenvalue weighted by atomic mass is 35.5. The molecule has 17 heavy (non-hydrogen) atoms. The molecule has 0 bridgehead atoms. The molecule has 2 atom stereocenters. The summed E-state index contributed by atoms with van der Waals surface area (Å²) < 4.78 is 11.1. The molecule has 1 rings (SSSR count). The standard InChI is InChI=1S/C12H18ClNO2S/c1-9(17(2)16)5-6-14-8-10-7-11(13)3-4-12(10)15/h3-4,7,9,14-15H,5-6,8H2,1-2H3. The molecular weight excluding hydrogens is 258 g/mol. The average Bonchev–Trinajstić information content (AvgIpc) is 2.28. The topological polar surface area (TPSA) is 49.3 Å². The molecule has 0 saturated heterocycles. The monoisotopic (exact) mass is 275 g/mol. The number of nitrogens with one attached hydrogen (secondary N) is 1. The Hall–Kier alpha value is -0.580. The average molecular weight is 276 g/mol. The summed E-state index contributed by atoms with van der Waals surface area (Å²) in [5.41, 5.74) is 0.780. The Labute approximate surface area is 110 Å². The lowest BCUT2D eigenvalue weighted by Crippen LogP contribution is -2.20. The van der Waals surface area contributed by atoms with E-state index in [1.54, 1.807) is 24.5 Å². The number of hydrogen-bond acceptors (Lipinski definition) is 3. The minimum absolute atomic E-state index is 0.190. The lowest BCUT2D eigenvalue weighted by Gasteiger charge is -2.10. The number of hydrogen-bond donors (Lipinski definition) is 2. The van der Waals surface area contributed by atoms with Crippen molar-refractivity contribution in [2.75, 3.05) is 12.8 Å². The molecule has 3 nitrogen and oxygen atoms in total. The third-order valence-corrected chi connectivity index (χ3v) is 4.26. The van der Waals surface area contributed by atoms with Gasteiger partial charge < -0.3 is 10.4 Å². The van der Waals surface area contributed by atoms with E-state index in [1.807, 2.05) is 6.92 Å². The van der Waals surface area contributed by atoms with Crippen LogP contribution in [0.4, 0.5) is 0 Å². The summed E-state index contributed by atoms with van der Waals surface area (Å²) in [6.07, 6.45) is 2.57. The maximum atomic E-state index is 11.1. The zero-order chi connectivity index (χ0) is 12.8. The predicted molar refractivity (Wildman–Crippen MR) is 73.0 cm³/mol. The highest BCUT2D eigenvalue weighted by Crippen LogP contribution is 2.21. The van der Waals surface area contributed by atoms with Gasteiger partial charge in [0.2, 0.25) is 0 Å². The lowest BCUT2D eigenvalue weighted by molar-refractivity contribution is 0.464. The van der Waals surface area contributed by atoms with Gasteiger partial charge in [0.25, 0.3) is 0 Å². The van der Waals surface area contributed by atoms with Crippen LogP contribution in [0.3, 0.4) is 0 Å². The van der Waals surface area contributed by atoms with Gasteiger partial charge in [-0.1, -0.05) is 18.5 Å². The van der Waals surface area contributed by atoms with Gasteiger partial charge in [0.1, 0.15) is 5.75 Å². The van der Waals surface area contributed by atoms with Gasteiger partial charge in [-0.3, -0.25) is 4.21 Å². The van der Waals surface area contributed by atoms with Crippen LogP contribution in [0.5, 0.6) is 5.75 Å². The van der Waals surface area contributed by atoms with E-state index in [0.29, 0.717) is 11.6 Å². The fourth-order valence-corrected chi connectivity index (χ4v) is 2.03. The summed E-state index contributed by atoms with van der Waals surface area (Å²) in [5, 5.41) is 13.6. The van der Waals surface area contributed by atoms with E-state index >= 15 is 0 Å². The van der Waals surface area contributed by atoms with Crippen LogP contribution in [0.15, 0.2) is 18.2 Å². The molecule has 2 N–H and O–H groups in total. The zero-order valence-corrected chi connectivity index (χ0v) is 11.6. The zero-order valence-electron chi connectivity index (χ0n) is 10.1. The summed E-state index contributed by atoms with van der Waals surface area (Å²) in [7, 11) is -0.777. The molecule has 5 heteroatoms. The first-order chi connectivity index (χ1) is 8.00. The number of halogens is 1. The summed E-state index contributed by atoms with van der Waals surface area (Å²) >= 11 is 5.84. The Bertz CT molecular complexity index is 398. The van der Waals surface area contributed by atoms with Crippen LogP contribution in [-0.4, -0.2) is 27.4 Å². The molecule has 0 aliphatic carbocycles. The van der Waals surface area contributed by atoms with E-state index in [2.05, 4.69) is 5.32 Å². The number of rotatable bonds is 6. The lowest BCUT2D eigenvalue weighted by atomic mass is 10.2. The second kappa shape index (κ2) is 6.99. The molecule has 0 aromatic heterocycles. The highest BCUT2D eigenvalue weighted by molar-refractivity contribution is 7.84. The SMILES string of the molecule is CC(CCNCc1cc(Cl)ccc1O)S(C)=O. The fourth-order valence-electron chi connectivity index (χ4n) is 1.39. The van der Waals surface area contributed by atoms with Crippen LogP contribution >= 0.6 is 11.6 Å². The van der Waals surface area contributed by atoms with E-state index in [-0.39, 0.29) is 11.0 Å². The van der Waals surface area contributed by atoms with Crippen molar-refractivity contribution in [1.29, 1.82) is 0 Å². The maximum Gasteiger partial charge on any atom is 0.120 e. The Kier molecular flexibility index (Phi) is 5.95. The van der Waals surface area contributed by atoms with Crippen LogP contribution in [0, 0.1) is 0 Å². The highest BCUT2D eigenvalue weighted by Gasteiger charge is 2.06. The number of phenols is 1. The van der Waals surface area contributed by atoms with Crippen LogP contribution in [0.1, 0.15) is 18.9 Å². The smallest absolute Gasteiger partial charge is 0.120 e. The Morgan fingerprint density at radius 3 is 2.88 bits per heavy atom. The van der Waals surface area contributed by atoms with Gasteiger partial charge in [-0.05, 0) is 31.2 Å². The molecule has 96 valence electrons. The second-order valence-electron chi connectivity index (χ2n) is 4.05. The molecule has 1 aromatic carbocycles. The van der Waals surface area contributed by atoms with Crippen molar-refractivity contribution < 1.29 is 9.32 Å². The summed E-state index contributed by atoms with van der Waals surface area (Å²) in [6.45, 7) is 3.30. The minimum Gasteiger partial charge on any atom is -0.508 e. The van der Waals surface area contributed by atoms with Gasteiger partial charge in [0.05, 0.1) is 0 Å². The third-order valence-electron chi connectivity index (χ3n) is 2.65. The van der Waals surface area contributed by atoms with E-state index < -0.39 is 10.8 Å². The van der Waals surface area contributed by atoms with Crippen molar-refractivity contribution in [2.45, 2.75) is 25.1 Å². The van der Waals surface area contributed by atoms with Gasteiger partial charge in [0, 0.05) is 39.4 Å². The Morgan fingerprint density at radius 2 is 2.24 bits per heavy atom. The molecule has 0 radical (unpaired) electrons. The first-order valence-electron chi connectivity index (χ1n) is 5.51. The first kappa shape index (κ1) is 14.5. The predicted octanol–water partition coefficient (Wildman–Crippen LogP) is 2.29. The van der Waals surface area contributed by atoms with Crippen molar-refractivity contribution in [3.05, 3.63) is 28.8 Å². The molecule has 0 saturated carbocycles. The molecule has 0 amide bonds. The second-order valence-corrected chi connectivity index (χ2v) is 6.29. The first-order valence-corrected chi connectivity index (χ1v) is 7.51. The van der Waals surface area contributed by atoms with E-state index in [0.717, 1.165) is 18.5 Å². The van der Waals surface area contributed by atoms with Crippen molar-refractivity contribution in [2.24, 2.45) is 0 Å². The maximum absolute atomic E-state index is 11.1. The normalized spacial score (nSPS) is 14.5. The van der Waals surface area contributed by atoms with Crippen LogP contribution in [0.2, 0.25) is 5.02 Å². The van der Waals surface area contributed by atoms with Gasteiger partial charge in [-0.2, -0.15) is 0 Å². The molecule has 1 aromatic rings. The summed E-state index contributed by atoms with van der Waals surface area (Å²) in [5.74, 6) is 0.244. The van der Waals surface area contributed by atoms with E-state index in [9.17, 15) is 9.32 Å². The van der Waals surface area contributed by atoms with Crippen LogP contribution in [0.25, 0.3) is 0 Å². The fraction of sp³-hybridized carbons (Fsp3) is 0.500. The van der Waals surface area contributed by atoms with Gasteiger partial charge in [0.15, 0.2) is 0 Å². The van der Waals surface area contributed by atoms with Crippen LogP contribution in [-0.2, 0) is 17.3 Å². The largest absolute Gasteiger partial charge is 0.508 e. The van der Waals surface area contributed by atoms with Crippen molar-refractivity contribution in [3.63, 3.8) is 0 Å². The molecule has 0 aliphatic rings. The van der Waals surface area contributed by atoms with Crippen LogP contribution < -0.4 is 5.32 Å². The molecule has 2 unspecified atom stereocenters. The van der Waals surface area contributed by atoms with Gasteiger partial charge in [-0.25, -0.2) is 0 Å². The number of benzene rings is 1.